The summed E-state index contributed by atoms with van der Waals surface area (Å²) in [6.45, 7) is 5.65. The van der Waals surface area contributed by atoms with E-state index in [2.05, 4.69) is 11.9 Å². The summed E-state index contributed by atoms with van der Waals surface area (Å²) in [6, 6.07) is 6.77. The molecular formula is C15H22N2O2. The molecule has 0 atom stereocenters. The lowest BCUT2D eigenvalue weighted by molar-refractivity contribution is -0.384. The smallest absolute Gasteiger partial charge is 0.269 e. The van der Waals surface area contributed by atoms with Crippen molar-refractivity contribution in [2.75, 3.05) is 13.1 Å². The molecule has 0 heterocycles. The van der Waals surface area contributed by atoms with Gasteiger partial charge >= 0.3 is 0 Å². The maximum atomic E-state index is 10.5. The van der Waals surface area contributed by atoms with E-state index in [4.69, 9.17) is 0 Å². The van der Waals surface area contributed by atoms with Crippen LogP contribution in [0, 0.1) is 10.1 Å². The molecule has 0 aliphatic heterocycles. The van der Waals surface area contributed by atoms with Gasteiger partial charge in [-0.05, 0) is 44.3 Å². The van der Waals surface area contributed by atoms with Gasteiger partial charge in [0.25, 0.3) is 5.69 Å². The molecule has 0 fully saturated rings. The van der Waals surface area contributed by atoms with Gasteiger partial charge in [-0.3, -0.25) is 10.1 Å². The van der Waals surface area contributed by atoms with Crippen molar-refractivity contribution in [3.05, 3.63) is 52.6 Å². The summed E-state index contributed by atoms with van der Waals surface area (Å²) < 4.78 is 0. The lowest BCUT2D eigenvalue weighted by Gasteiger charge is -2.04. The second-order valence-corrected chi connectivity index (χ2v) is 4.56. The lowest BCUT2D eigenvalue weighted by Crippen LogP contribution is -2.18. The molecule has 0 unspecified atom stereocenters. The fraction of sp³-hybridized carbons (Fsp3) is 0.467. The molecule has 0 aliphatic carbocycles. The van der Waals surface area contributed by atoms with Crippen LogP contribution in [-0.4, -0.2) is 18.0 Å². The van der Waals surface area contributed by atoms with Gasteiger partial charge < -0.3 is 5.32 Å². The van der Waals surface area contributed by atoms with Crippen LogP contribution >= 0.6 is 0 Å². The molecule has 0 radical (unpaired) electrons. The van der Waals surface area contributed by atoms with E-state index >= 15 is 0 Å². The monoisotopic (exact) mass is 262 g/mol. The van der Waals surface area contributed by atoms with Gasteiger partial charge in [0.15, 0.2) is 0 Å². The fourth-order valence-corrected chi connectivity index (χ4v) is 1.86. The minimum absolute atomic E-state index is 0.152. The SMILES string of the molecule is C=CCCCCCNCCc1ccc([N+](=O)[O-])cc1. The molecule has 19 heavy (non-hydrogen) atoms. The van der Waals surface area contributed by atoms with Gasteiger partial charge in [-0.2, -0.15) is 0 Å². The van der Waals surface area contributed by atoms with Crippen molar-refractivity contribution in [2.24, 2.45) is 0 Å². The minimum atomic E-state index is -0.370. The second-order valence-electron chi connectivity index (χ2n) is 4.56. The molecule has 1 aromatic rings. The molecule has 0 bridgehead atoms. The summed E-state index contributed by atoms with van der Waals surface area (Å²) in [5.41, 5.74) is 1.28. The Balaban J connectivity index is 2.09. The zero-order chi connectivity index (χ0) is 13.9. The number of hydrogen-bond acceptors (Lipinski definition) is 3. The molecule has 0 aliphatic rings. The van der Waals surface area contributed by atoms with Crippen LogP contribution < -0.4 is 5.32 Å². The predicted molar refractivity (Wildman–Crippen MR) is 78.3 cm³/mol. The summed E-state index contributed by atoms with van der Waals surface area (Å²) in [7, 11) is 0. The number of non-ortho nitro benzene ring substituents is 1. The molecule has 1 N–H and O–H groups in total. The van der Waals surface area contributed by atoms with Crippen LogP contribution in [0.1, 0.15) is 31.2 Å². The molecule has 0 saturated heterocycles. The molecule has 1 rings (SSSR count). The first-order valence-corrected chi connectivity index (χ1v) is 6.79. The van der Waals surface area contributed by atoms with Crippen molar-refractivity contribution >= 4 is 5.69 Å². The number of benzene rings is 1. The standard InChI is InChI=1S/C15H22N2O2/c1-2-3-4-5-6-12-16-13-11-14-7-9-15(10-8-14)17(18)19/h2,7-10,16H,1,3-6,11-13H2. The average molecular weight is 262 g/mol. The Kier molecular flexibility index (Phi) is 7.51. The number of hydrogen-bond donors (Lipinski definition) is 1. The van der Waals surface area contributed by atoms with Crippen LogP contribution in [-0.2, 0) is 6.42 Å². The van der Waals surface area contributed by atoms with Gasteiger partial charge in [0, 0.05) is 12.1 Å². The number of rotatable bonds is 10. The molecule has 1 aromatic carbocycles. The van der Waals surface area contributed by atoms with Crippen LogP contribution in [0.4, 0.5) is 5.69 Å². The Morgan fingerprint density at radius 3 is 2.53 bits per heavy atom. The highest BCUT2D eigenvalue weighted by atomic mass is 16.6. The minimum Gasteiger partial charge on any atom is -0.316 e. The van der Waals surface area contributed by atoms with Gasteiger partial charge in [-0.15, -0.1) is 6.58 Å². The van der Waals surface area contributed by atoms with Crippen molar-refractivity contribution in [3.8, 4) is 0 Å². The van der Waals surface area contributed by atoms with Gasteiger partial charge in [0.1, 0.15) is 0 Å². The fourth-order valence-electron chi connectivity index (χ4n) is 1.86. The van der Waals surface area contributed by atoms with Gasteiger partial charge in [0.2, 0.25) is 0 Å². The van der Waals surface area contributed by atoms with Crippen molar-refractivity contribution < 1.29 is 4.92 Å². The Morgan fingerprint density at radius 1 is 1.16 bits per heavy atom. The third kappa shape index (κ3) is 6.72. The van der Waals surface area contributed by atoms with E-state index < -0.39 is 0 Å². The summed E-state index contributed by atoms with van der Waals surface area (Å²) in [5.74, 6) is 0. The highest BCUT2D eigenvalue weighted by Gasteiger charge is 2.03. The number of nitro groups is 1. The zero-order valence-electron chi connectivity index (χ0n) is 11.3. The van der Waals surface area contributed by atoms with Crippen LogP contribution in [0.5, 0.6) is 0 Å². The topological polar surface area (TPSA) is 55.2 Å². The lowest BCUT2D eigenvalue weighted by atomic mass is 10.1. The van der Waals surface area contributed by atoms with E-state index in [1.807, 2.05) is 18.2 Å². The Morgan fingerprint density at radius 2 is 1.89 bits per heavy atom. The third-order valence-electron chi connectivity index (χ3n) is 3.00. The maximum absolute atomic E-state index is 10.5. The first-order valence-electron chi connectivity index (χ1n) is 6.79. The van der Waals surface area contributed by atoms with Crippen molar-refractivity contribution in [1.82, 2.24) is 5.32 Å². The zero-order valence-corrected chi connectivity index (χ0v) is 11.3. The van der Waals surface area contributed by atoms with E-state index in [0.29, 0.717) is 0 Å². The third-order valence-corrected chi connectivity index (χ3v) is 3.00. The second kappa shape index (κ2) is 9.28. The maximum Gasteiger partial charge on any atom is 0.269 e. The quantitative estimate of drug-likeness (QED) is 0.304. The van der Waals surface area contributed by atoms with Gasteiger partial charge in [0.05, 0.1) is 4.92 Å². The predicted octanol–water partition coefficient (Wildman–Crippen LogP) is 3.47. The summed E-state index contributed by atoms with van der Waals surface area (Å²) in [4.78, 5) is 10.1. The molecule has 0 aromatic heterocycles. The molecule has 0 spiro atoms. The van der Waals surface area contributed by atoms with Gasteiger partial charge in [-0.25, -0.2) is 0 Å². The number of nitrogens with one attached hydrogen (secondary N) is 1. The number of allylic oxidation sites excluding steroid dienone is 1. The first kappa shape index (κ1) is 15.4. The highest BCUT2D eigenvalue weighted by Crippen LogP contribution is 2.11. The Hall–Kier alpha value is -1.68. The molecule has 104 valence electrons. The van der Waals surface area contributed by atoms with Crippen molar-refractivity contribution in [3.63, 3.8) is 0 Å². The van der Waals surface area contributed by atoms with Crippen molar-refractivity contribution in [1.29, 1.82) is 0 Å². The van der Waals surface area contributed by atoms with Crippen LogP contribution in [0.15, 0.2) is 36.9 Å². The molecular weight excluding hydrogens is 240 g/mol. The largest absolute Gasteiger partial charge is 0.316 e. The average Bonchev–Trinajstić information content (AvgIpc) is 2.42. The van der Waals surface area contributed by atoms with Crippen molar-refractivity contribution in [2.45, 2.75) is 32.1 Å². The Labute approximate surface area is 114 Å². The first-order chi connectivity index (χ1) is 9.24. The van der Waals surface area contributed by atoms with E-state index in [0.717, 1.165) is 31.5 Å². The summed E-state index contributed by atoms with van der Waals surface area (Å²) in [5, 5.41) is 13.9. The van der Waals surface area contributed by atoms with E-state index in [1.165, 1.54) is 19.3 Å². The summed E-state index contributed by atoms with van der Waals surface area (Å²) >= 11 is 0. The normalized spacial score (nSPS) is 10.3. The summed E-state index contributed by atoms with van der Waals surface area (Å²) in [6.07, 6.45) is 7.60. The number of nitrogens with zero attached hydrogens (tertiary/aromatic N) is 1. The number of unbranched alkanes of at least 4 members (excludes halogenated alkanes) is 3. The molecule has 4 heteroatoms. The van der Waals surface area contributed by atoms with E-state index in [1.54, 1.807) is 12.1 Å². The van der Waals surface area contributed by atoms with Crippen LogP contribution in [0.3, 0.4) is 0 Å². The van der Waals surface area contributed by atoms with Gasteiger partial charge in [-0.1, -0.05) is 24.6 Å². The Bertz CT molecular complexity index is 388. The molecule has 4 nitrogen and oxygen atoms in total. The van der Waals surface area contributed by atoms with Crippen LogP contribution in [0.25, 0.3) is 0 Å². The van der Waals surface area contributed by atoms with E-state index in [9.17, 15) is 10.1 Å². The van der Waals surface area contributed by atoms with Crippen LogP contribution in [0.2, 0.25) is 0 Å². The highest BCUT2D eigenvalue weighted by molar-refractivity contribution is 5.32. The van der Waals surface area contributed by atoms with E-state index in [-0.39, 0.29) is 10.6 Å². The molecule has 0 saturated carbocycles. The number of nitro benzene ring substituents is 1. The molecule has 0 amide bonds.